The Kier molecular flexibility index (Phi) is 7.42. The summed E-state index contributed by atoms with van der Waals surface area (Å²) in [6, 6.07) is 10.3. The Morgan fingerprint density at radius 2 is 2.07 bits per heavy atom. The summed E-state index contributed by atoms with van der Waals surface area (Å²) in [5, 5.41) is 13.9. The van der Waals surface area contributed by atoms with E-state index in [1.807, 2.05) is 22.9 Å². The van der Waals surface area contributed by atoms with Crippen LogP contribution in [0.4, 0.5) is 0 Å². The first-order valence-electron chi connectivity index (χ1n) is 9.22. The molecule has 0 aliphatic rings. The maximum atomic E-state index is 12.5. The number of hydrogen-bond donors (Lipinski definition) is 1. The molecule has 0 spiro atoms. The minimum Gasteiger partial charge on any atom is -0.497 e. The van der Waals surface area contributed by atoms with Crippen molar-refractivity contribution in [3.05, 3.63) is 70.7 Å². The van der Waals surface area contributed by atoms with Gasteiger partial charge in [0.15, 0.2) is 16.8 Å². The summed E-state index contributed by atoms with van der Waals surface area (Å²) < 4.78 is 6.98. The molecule has 1 aromatic carbocycles. The molecule has 156 valence electrons. The van der Waals surface area contributed by atoms with E-state index in [0.717, 1.165) is 0 Å². The average molecular weight is 443 g/mol. The summed E-state index contributed by atoms with van der Waals surface area (Å²) in [6.07, 6.45) is 1.73. The van der Waals surface area contributed by atoms with Gasteiger partial charge in [-0.2, -0.15) is 0 Å². The standard InChI is InChI=1S/C21H22N4O3S2/c1-4-11-25-19(14(2)22-20(27)18-6-5-12-29-18)23-24-21(25)30-13-17(26)15-7-9-16(28-3)10-8-15/h4-10,12,14H,1,11,13H2,2-3H3,(H,22,27)/t14-/m0/s1. The van der Waals surface area contributed by atoms with Crippen molar-refractivity contribution in [2.45, 2.75) is 24.7 Å². The summed E-state index contributed by atoms with van der Waals surface area (Å²) >= 11 is 2.68. The van der Waals surface area contributed by atoms with Crippen molar-refractivity contribution in [3.8, 4) is 5.75 Å². The molecular weight excluding hydrogens is 420 g/mol. The molecule has 1 atom stereocenters. The van der Waals surface area contributed by atoms with Crippen LogP contribution in [-0.4, -0.2) is 39.3 Å². The number of thiophene rings is 1. The molecule has 0 radical (unpaired) electrons. The van der Waals surface area contributed by atoms with Gasteiger partial charge >= 0.3 is 0 Å². The largest absolute Gasteiger partial charge is 0.497 e. The molecule has 0 unspecified atom stereocenters. The van der Waals surface area contributed by atoms with E-state index in [-0.39, 0.29) is 23.5 Å². The zero-order valence-electron chi connectivity index (χ0n) is 16.7. The van der Waals surface area contributed by atoms with E-state index in [9.17, 15) is 9.59 Å². The van der Waals surface area contributed by atoms with E-state index in [1.165, 1.54) is 23.1 Å². The highest BCUT2D eigenvalue weighted by Crippen LogP contribution is 2.23. The second-order valence-electron chi connectivity index (χ2n) is 6.35. The van der Waals surface area contributed by atoms with Crippen LogP contribution in [0, 0.1) is 0 Å². The maximum absolute atomic E-state index is 12.5. The molecule has 2 aromatic heterocycles. The van der Waals surface area contributed by atoms with Crippen LogP contribution in [0.15, 0.2) is 59.6 Å². The highest BCUT2D eigenvalue weighted by atomic mass is 32.2. The van der Waals surface area contributed by atoms with Crippen LogP contribution in [0.1, 0.15) is 38.8 Å². The van der Waals surface area contributed by atoms with Gasteiger partial charge in [-0.1, -0.05) is 23.9 Å². The molecule has 1 N–H and O–H groups in total. The zero-order chi connectivity index (χ0) is 21.5. The topological polar surface area (TPSA) is 86.1 Å². The lowest BCUT2D eigenvalue weighted by Gasteiger charge is -2.14. The van der Waals surface area contributed by atoms with E-state index in [1.54, 1.807) is 43.5 Å². The predicted molar refractivity (Wildman–Crippen MR) is 118 cm³/mol. The van der Waals surface area contributed by atoms with Crippen molar-refractivity contribution in [2.24, 2.45) is 0 Å². The van der Waals surface area contributed by atoms with Crippen LogP contribution in [0.25, 0.3) is 0 Å². The molecule has 2 heterocycles. The van der Waals surface area contributed by atoms with Crippen LogP contribution < -0.4 is 10.1 Å². The van der Waals surface area contributed by atoms with Crippen LogP contribution >= 0.6 is 23.1 Å². The molecule has 7 nitrogen and oxygen atoms in total. The van der Waals surface area contributed by atoms with E-state index in [0.29, 0.717) is 33.7 Å². The van der Waals surface area contributed by atoms with Gasteiger partial charge in [0, 0.05) is 12.1 Å². The van der Waals surface area contributed by atoms with Crippen LogP contribution in [0.5, 0.6) is 5.75 Å². The quantitative estimate of drug-likeness (QED) is 0.290. The zero-order valence-corrected chi connectivity index (χ0v) is 18.3. The summed E-state index contributed by atoms with van der Waals surface area (Å²) in [4.78, 5) is 25.5. The third-order valence-corrected chi connectivity index (χ3v) is 6.12. The first-order chi connectivity index (χ1) is 14.5. The molecule has 0 aliphatic carbocycles. The van der Waals surface area contributed by atoms with Crippen molar-refractivity contribution in [2.75, 3.05) is 12.9 Å². The summed E-state index contributed by atoms with van der Waals surface area (Å²) in [5.41, 5.74) is 0.606. The molecule has 3 aromatic rings. The maximum Gasteiger partial charge on any atom is 0.261 e. The molecule has 0 saturated heterocycles. The number of carbonyl (C=O) groups is 2. The number of methoxy groups -OCH3 is 1. The minimum atomic E-state index is -0.348. The highest BCUT2D eigenvalue weighted by Gasteiger charge is 2.21. The highest BCUT2D eigenvalue weighted by molar-refractivity contribution is 7.99. The number of carbonyl (C=O) groups excluding carboxylic acids is 2. The van der Waals surface area contributed by atoms with Crippen molar-refractivity contribution in [1.29, 1.82) is 0 Å². The number of hydrogen-bond acceptors (Lipinski definition) is 7. The number of ketones is 1. The number of thioether (sulfide) groups is 1. The van der Waals surface area contributed by atoms with Gasteiger partial charge in [0.2, 0.25) is 0 Å². The van der Waals surface area contributed by atoms with Gasteiger partial charge in [-0.15, -0.1) is 28.1 Å². The number of aromatic nitrogens is 3. The van der Waals surface area contributed by atoms with E-state index in [4.69, 9.17) is 4.74 Å². The fourth-order valence-electron chi connectivity index (χ4n) is 2.76. The van der Waals surface area contributed by atoms with E-state index >= 15 is 0 Å². The van der Waals surface area contributed by atoms with Gasteiger partial charge in [-0.3, -0.25) is 9.59 Å². The molecule has 3 rings (SSSR count). The third kappa shape index (κ3) is 5.17. The Bertz CT molecular complexity index is 1010. The molecule has 1 amide bonds. The number of nitrogens with zero attached hydrogens (tertiary/aromatic N) is 3. The van der Waals surface area contributed by atoms with E-state index in [2.05, 4.69) is 22.1 Å². The first kappa shape index (κ1) is 21.8. The Labute approximate surface area is 183 Å². The lowest BCUT2D eigenvalue weighted by atomic mass is 10.1. The SMILES string of the molecule is C=CCn1c(SCC(=O)c2ccc(OC)cc2)nnc1[C@H](C)NC(=O)c1cccs1. The molecule has 30 heavy (non-hydrogen) atoms. The number of Topliss-reactive ketones (excluding diaryl/α,β-unsaturated/α-hetero) is 1. The summed E-state index contributed by atoms with van der Waals surface area (Å²) in [6.45, 7) is 6.11. The van der Waals surface area contributed by atoms with Gasteiger partial charge in [-0.05, 0) is 42.6 Å². The second-order valence-corrected chi connectivity index (χ2v) is 8.24. The predicted octanol–water partition coefficient (Wildman–Crippen LogP) is 4.00. The Hall–Kier alpha value is -2.91. The summed E-state index contributed by atoms with van der Waals surface area (Å²) in [7, 11) is 1.58. The first-order valence-corrected chi connectivity index (χ1v) is 11.1. The normalized spacial score (nSPS) is 11.7. The lowest BCUT2D eigenvalue weighted by molar-refractivity contribution is 0.0941. The molecule has 0 saturated carbocycles. The average Bonchev–Trinajstić information content (AvgIpc) is 3.43. The van der Waals surface area contributed by atoms with Crippen LogP contribution in [-0.2, 0) is 6.54 Å². The van der Waals surface area contributed by atoms with Crippen LogP contribution in [0.3, 0.4) is 0 Å². The number of nitrogens with one attached hydrogen (secondary N) is 1. The van der Waals surface area contributed by atoms with E-state index < -0.39 is 0 Å². The Morgan fingerprint density at radius 3 is 2.70 bits per heavy atom. The number of benzene rings is 1. The molecule has 0 aliphatic heterocycles. The Balaban J connectivity index is 1.69. The molecule has 0 bridgehead atoms. The molecule has 0 fully saturated rings. The lowest BCUT2D eigenvalue weighted by Crippen LogP contribution is -2.28. The molecule has 9 heteroatoms. The van der Waals surface area contributed by atoms with Crippen molar-refractivity contribution in [3.63, 3.8) is 0 Å². The fourth-order valence-corrected chi connectivity index (χ4v) is 4.23. The van der Waals surface area contributed by atoms with Gasteiger partial charge < -0.3 is 14.6 Å². The smallest absolute Gasteiger partial charge is 0.261 e. The van der Waals surface area contributed by atoms with Crippen molar-refractivity contribution in [1.82, 2.24) is 20.1 Å². The number of amides is 1. The Morgan fingerprint density at radius 1 is 1.30 bits per heavy atom. The van der Waals surface area contributed by atoms with Gasteiger partial charge in [0.05, 0.1) is 23.8 Å². The number of ether oxygens (including phenoxy) is 1. The van der Waals surface area contributed by atoms with Crippen molar-refractivity contribution >= 4 is 34.8 Å². The van der Waals surface area contributed by atoms with Crippen molar-refractivity contribution < 1.29 is 14.3 Å². The van der Waals surface area contributed by atoms with Gasteiger partial charge in [0.1, 0.15) is 5.75 Å². The monoisotopic (exact) mass is 442 g/mol. The fraction of sp³-hybridized carbons (Fsp3) is 0.238. The molecular formula is C21H22N4O3S2. The second kappa shape index (κ2) is 10.2. The number of rotatable bonds is 10. The van der Waals surface area contributed by atoms with Crippen LogP contribution in [0.2, 0.25) is 0 Å². The van der Waals surface area contributed by atoms with Gasteiger partial charge in [0.25, 0.3) is 5.91 Å². The van der Waals surface area contributed by atoms with Gasteiger partial charge in [-0.25, -0.2) is 0 Å². The summed E-state index contributed by atoms with van der Waals surface area (Å²) in [5.74, 6) is 1.36. The third-order valence-electron chi connectivity index (χ3n) is 4.28. The number of allylic oxidation sites excluding steroid dienone is 1. The minimum absolute atomic E-state index is 0.0172.